The highest BCUT2D eigenvalue weighted by molar-refractivity contribution is 5.93. The fourth-order valence-electron chi connectivity index (χ4n) is 3.01. The average molecular weight is 399 g/mol. The Morgan fingerprint density at radius 1 is 1.17 bits per heavy atom. The molecule has 1 heterocycles. The van der Waals surface area contributed by atoms with Gasteiger partial charge in [0.2, 0.25) is 5.91 Å². The minimum absolute atomic E-state index is 0.130. The van der Waals surface area contributed by atoms with Crippen molar-refractivity contribution in [2.45, 2.75) is 45.3 Å². The van der Waals surface area contributed by atoms with Crippen LogP contribution in [0, 0.1) is 0 Å². The first-order valence-electron chi connectivity index (χ1n) is 10.3. The first kappa shape index (κ1) is 21.0. The molecule has 1 saturated heterocycles. The highest BCUT2D eigenvalue weighted by Crippen LogP contribution is 2.21. The second-order valence-electron chi connectivity index (χ2n) is 7.24. The molecule has 6 nitrogen and oxygen atoms in total. The van der Waals surface area contributed by atoms with Crippen LogP contribution in [0.3, 0.4) is 0 Å². The molecule has 6 heteroatoms. The molecule has 1 aliphatic rings. The molecule has 0 spiro atoms. The van der Waals surface area contributed by atoms with Crippen molar-refractivity contribution >= 4 is 17.3 Å². The lowest BCUT2D eigenvalue weighted by atomic mass is 10.2. The summed E-state index contributed by atoms with van der Waals surface area (Å²) < 4.78 is 17.2. The Morgan fingerprint density at radius 2 is 1.93 bits per heavy atom. The molecular weight excluding hydrogens is 368 g/mol. The predicted octanol–water partition coefficient (Wildman–Crippen LogP) is 4.47. The van der Waals surface area contributed by atoms with Gasteiger partial charge in [-0.2, -0.15) is 0 Å². The Balaban J connectivity index is 1.46. The van der Waals surface area contributed by atoms with E-state index in [4.69, 9.17) is 14.2 Å². The molecule has 3 rings (SSSR count). The summed E-state index contributed by atoms with van der Waals surface area (Å²) in [7, 11) is 0. The van der Waals surface area contributed by atoms with Crippen molar-refractivity contribution in [3.63, 3.8) is 0 Å². The minimum atomic E-state index is -0.130. The maximum atomic E-state index is 12.3. The molecule has 0 saturated carbocycles. The predicted molar refractivity (Wildman–Crippen MR) is 115 cm³/mol. The Kier molecular flexibility index (Phi) is 7.76. The van der Waals surface area contributed by atoms with E-state index in [-0.39, 0.29) is 24.7 Å². The van der Waals surface area contributed by atoms with Crippen LogP contribution >= 0.6 is 0 Å². The van der Waals surface area contributed by atoms with Crippen LogP contribution in [0.1, 0.15) is 33.1 Å². The van der Waals surface area contributed by atoms with Gasteiger partial charge in [0, 0.05) is 30.1 Å². The summed E-state index contributed by atoms with van der Waals surface area (Å²) in [5, 5.41) is 6.03. The Hall–Kier alpha value is -2.73. The SMILES string of the molecule is CCC(C)Oc1cccc(NCC(=O)Nc2cccc(OCC3CCCO3)c2)c1. The lowest BCUT2D eigenvalue weighted by molar-refractivity contribution is -0.114. The van der Waals surface area contributed by atoms with Crippen molar-refractivity contribution < 1.29 is 19.0 Å². The Morgan fingerprint density at radius 3 is 2.69 bits per heavy atom. The third kappa shape index (κ3) is 6.98. The van der Waals surface area contributed by atoms with E-state index in [1.807, 2.05) is 55.5 Å². The van der Waals surface area contributed by atoms with E-state index < -0.39 is 0 Å². The zero-order valence-electron chi connectivity index (χ0n) is 17.1. The maximum absolute atomic E-state index is 12.3. The van der Waals surface area contributed by atoms with Gasteiger partial charge in [-0.25, -0.2) is 0 Å². The third-order valence-electron chi connectivity index (χ3n) is 4.78. The summed E-state index contributed by atoms with van der Waals surface area (Å²) in [6.07, 6.45) is 3.38. The molecule has 0 radical (unpaired) electrons. The lowest BCUT2D eigenvalue weighted by Crippen LogP contribution is -2.22. The quantitative estimate of drug-likeness (QED) is 0.618. The van der Waals surface area contributed by atoms with Gasteiger partial charge in [-0.1, -0.05) is 19.1 Å². The van der Waals surface area contributed by atoms with Crippen LogP contribution in [0.15, 0.2) is 48.5 Å². The van der Waals surface area contributed by atoms with Gasteiger partial charge in [0.15, 0.2) is 0 Å². The number of hydrogen-bond acceptors (Lipinski definition) is 5. The number of hydrogen-bond donors (Lipinski definition) is 2. The molecule has 0 bridgehead atoms. The van der Waals surface area contributed by atoms with E-state index in [1.165, 1.54) is 0 Å². The number of rotatable bonds is 10. The van der Waals surface area contributed by atoms with Crippen LogP contribution in [0.25, 0.3) is 0 Å². The van der Waals surface area contributed by atoms with Crippen molar-refractivity contribution in [2.24, 2.45) is 0 Å². The summed E-state index contributed by atoms with van der Waals surface area (Å²) in [4.78, 5) is 12.3. The highest BCUT2D eigenvalue weighted by Gasteiger charge is 2.16. The second kappa shape index (κ2) is 10.7. The minimum Gasteiger partial charge on any atom is -0.491 e. The van der Waals surface area contributed by atoms with Crippen LogP contribution < -0.4 is 20.1 Å². The summed E-state index contributed by atoms with van der Waals surface area (Å²) in [5.41, 5.74) is 1.55. The van der Waals surface area contributed by atoms with Crippen LogP contribution in [-0.4, -0.2) is 37.9 Å². The van der Waals surface area contributed by atoms with Gasteiger partial charge < -0.3 is 24.8 Å². The van der Waals surface area contributed by atoms with E-state index in [0.29, 0.717) is 12.3 Å². The molecule has 2 atom stereocenters. The van der Waals surface area contributed by atoms with Gasteiger partial charge in [0.05, 0.1) is 18.8 Å². The van der Waals surface area contributed by atoms with Gasteiger partial charge in [-0.3, -0.25) is 4.79 Å². The van der Waals surface area contributed by atoms with Crippen molar-refractivity contribution in [1.29, 1.82) is 0 Å². The molecular formula is C23H30N2O4. The standard InChI is InChI=1S/C23H30N2O4/c1-3-17(2)29-21-10-4-7-18(13-21)24-15-23(26)25-19-8-5-9-20(14-19)28-16-22-11-6-12-27-22/h4-5,7-10,13-14,17,22,24H,3,6,11-12,15-16H2,1-2H3,(H,25,26). The molecule has 0 aromatic heterocycles. The van der Waals surface area contributed by atoms with Crippen molar-refractivity contribution in [3.05, 3.63) is 48.5 Å². The fraction of sp³-hybridized carbons (Fsp3) is 0.435. The molecule has 1 aliphatic heterocycles. The molecule has 2 aromatic rings. The topological polar surface area (TPSA) is 68.8 Å². The van der Waals surface area contributed by atoms with Crippen LogP contribution in [-0.2, 0) is 9.53 Å². The zero-order chi connectivity index (χ0) is 20.5. The Bertz CT molecular complexity index is 790. The molecule has 2 aromatic carbocycles. The van der Waals surface area contributed by atoms with Crippen molar-refractivity contribution in [3.8, 4) is 11.5 Å². The Labute approximate surface area is 172 Å². The third-order valence-corrected chi connectivity index (χ3v) is 4.78. The van der Waals surface area contributed by atoms with Crippen molar-refractivity contribution in [2.75, 3.05) is 30.4 Å². The van der Waals surface area contributed by atoms with E-state index in [0.717, 1.165) is 43.1 Å². The van der Waals surface area contributed by atoms with Gasteiger partial charge in [0.25, 0.3) is 0 Å². The molecule has 29 heavy (non-hydrogen) atoms. The summed E-state index contributed by atoms with van der Waals surface area (Å²) in [6, 6.07) is 15.1. The fourth-order valence-corrected chi connectivity index (χ4v) is 3.01. The number of nitrogens with one attached hydrogen (secondary N) is 2. The maximum Gasteiger partial charge on any atom is 0.243 e. The van der Waals surface area contributed by atoms with Gasteiger partial charge in [-0.15, -0.1) is 0 Å². The summed E-state index contributed by atoms with van der Waals surface area (Å²) in [6.45, 7) is 5.62. The summed E-state index contributed by atoms with van der Waals surface area (Å²) in [5.74, 6) is 1.39. The van der Waals surface area contributed by atoms with E-state index in [1.54, 1.807) is 0 Å². The number of amides is 1. The van der Waals surface area contributed by atoms with Gasteiger partial charge >= 0.3 is 0 Å². The molecule has 1 fully saturated rings. The molecule has 2 unspecified atom stereocenters. The number of anilines is 2. The molecule has 2 N–H and O–H groups in total. The van der Waals surface area contributed by atoms with Crippen LogP contribution in [0.2, 0.25) is 0 Å². The monoisotopic (exact) mass is 398 g/mol. The average Bonchev–Trinajstić information content (AvgIpc) is 3.25. The number of carbonyl (C=O) groups is 1. The largest absolute Gasteiger partial charge is 0.491 e. The van der Waals surface area contributed by atoms with Crippen LogP contribution in [0.5, 0.6) is 11.5 Å². The molecule has 0 aliphatic carbocycles. The number of benzene rings is 2. The highest BCUT2D eigenvalue weighted by atomic mass is 16.5. The van der Waals surface area contributed by atoms with Crippen molar-refractivity contribution in [1.82, 2.24) is 0 Å². The van der Waals surface area contributed by atoms with Gasteiger partial charge in [0.1, 0.15) is 18.1 Å². The van der Waals surface area contributed by atoms with E-state index >= 15 is 0 Å². The van der Waals surface area contributed by atoms with E-state index in [2.05, 4.69) is 17.6 Å². The molecule has 156 valence electrons. The zero-order valence-corrected chi connectivity index (χ0v) is 17.1. The number of carbonyl (C=O) groups excluding carboxylic acids is 1. The first-order chi connectivity index (χ1) is 14.1. The first-order valence-corrected chi connectivity index (χ1v) is 10.3. The van der Waals surface area contributed by atoms with Gasteiger partial charge in [-0.05, 0) is 50.5 Å². The normalized spacial score (nSPS) is 16.8. The smallest absolute Gasteiger partial charge is 0.243 e. The lowest BCUT2D eigenvalue weighted by Gasteiger charge is -2.14. The summed E-state index contributed by atoms with van der Waals surface area (Å²) >= 11 is 0. The number of ether oxygens (including phenoxy) is 3. The van der Waals surface area contributed by atoms with Crippen LogP contribution in [0.4, 0.5) is 11.4 Å². The molecule has 1 amide bonds. The van der Waals surface area contributed by atoms with E-state index in [9.17, 15) is 4.79 Å². The second-order valence-corrected chi connectivity index (χ2v) is 7.24.